The van der Waals surface area contributed by atoms with Crippen LogP contribution in [0.15, 0.2) is 0 Å². The van der Waals surface area contributed by atoms with E-state index >= 15 is 0 Å². The Morgan fingerprint density at radius 2 is 1.93 bits per heavy atom. The van der Waals surface area contributed by atoms with Crippen LogP contribution in [0.5, 0.6) is 0 Å². The highest BCUT2D eigenvalue weighted by Crippen LogP contribution is 2.76. The predicted octanol–water partition coefficient (Wildman–Crippen LogP) is 0.958. The van der Waals surface area contributed by atoms with Crippen molar-refractivity contribution in [3.63, 3.8) is 0 Å². The summed E-state index contributed by atoms with van der Waals surface area (Å²) in [5.41, 5.74) is -0.429. The van der Waals surface area contributed by atoms with Crippen molar-refractivity contribution in [3.8, 4) is 0 Å². The molecule has 78 valence electrons. The number of aliphatic hydroxyl groups excluding tert-OH is 1. The Kier molecular flexibility index (Phi) is 1.45. The molecule has 14 heavy (non-hydrogen) atoms. The van der Waals surface area contributed by atoms with Crippen LogP contribution < -0.4 is 0 Å². The van der Waals surface area contributed by atoms with E-state index in [1.807, 2.05) is 0 Å². The van der Waals surface area contributed by atoms with Crippen LogP contribution in [0.4, 0.5) is 0 Å². The van der Waals surface area contributed by atoms with Gasteiger partial charge in [0.25, 0.3) is 0 Å². The SMILES string of the molecule is COC(=O)C12CC3CC1(CO)CC3C2. The molecule has 0 aromatic carbocycles. The van der Waals surface area contributed by atoms with Crippen LogP contribution in [-0.2, 0) is 9.53 Å². The van der Waals surface area contributed by atoms with E-state index in [2.05, 4.69) is 0 Å². The molecule has 0 radical (unpaired) electrons. The molecule has 0 aromatic heterocycles. The van der Waals surface area contributed by atoms with E-state index in [4.69, 9.17) is 4.74 Å². The number of hydrogen-bond acceptors (Lipinski definition) is 3. The fraction of sp³-hybridized carbons (Fsp3) is 0.909. The van der Waals surface area contributed by atoms with Gasteiger partial charge in [0.2, 0.25) is 0 Å². The van der Waals surface area contributed by atoms with Crippen LogP contribution in [0.1, 0.15) is 25.7 Å². The fourth-order valence-corrected chi connectivity index (χ4v) is 4.56. The minimum Gasteiger partial charge on any atom is -0.469 e. The molecule has 4 aliphatic carbocycles. The van der Waals surface area contributed by atoms with Crippen molar-refractivity contribution in [1.82, 2.24) is 0 Å². The molecule has 0 spiro atoms. The molecule has 0 aromatic rings. The van der Waals surface area contributed by atoms with Crippen molar-refractivity contribution < 1.29 is 14.6 Å². The highest BCUT2D eigenvalue weighted by Gasteiger charge is 2.74. The average Bonchev–Trinajstić information content (AvgIpc) is 2.85. The van der Waals surface area contributed by atoms with Gasteiger partial charge in [-0.3, -0.25) is 4.79 Å². The van der Waals surface area contributed by atoms with Gasteiger partial charge in [-0.05, 0) is 37.5 Å². The fourth-order valence-electron chi connectivity index (χ4n) is 4.56. The summed E-state index contributed by atoms with van der Waals surface area (Å²) in [6.45, 7) is 0.162. The molecule has 3 nitrogen and oxygen atoms in total. The van der Waals surface area contributed by atoms with Gasteiger partial charge >= 0.3 is 5.97 Å². The molecular weight excluding hydrogens is 180 g/mol. The van der Waals surface area contributed by atoms with Gasteiger partial charge in [-0.25, -0.2) is 0 Å². The Morgan fingerprint density at radius 3 is 2.36 bits per heavy atom. The highest BCUT2D eigenvalue weighted by atomic mass is 16.5. The zero-order valence-electron chi connectivity index (χ0n) is 8.45. The second-order valence-corrected chi connectivity index (χ2v) is 5.35. The smallest absolute Gasteiger partial charge is 0.312 e. The topological polar surface area (TPSA) is 46.5 Å². The maximum atomic E-state index is 11.9. The molecule has 2 atom stereocenters. The van der Waals surface area contributed by atoms with Crippen LogP contribution in [-0.4, -0.2) is 24.8 Å². The third-order valence-electron chi connectivity index (χ3n) is 5.09. The molecule has 4 aliphatic rings. The Labute approximate surface area is 83.4 Å². The molecule has 0 amide bonds. The van der Waals surface area contributed by atoms with Gasteiger partial charge in [-0.1, -0.05) is 0 Å². The zero-order chi connectivity index (χ0) is 9.97. The molecule has 2 unspecified atom stereocenters. The largest absolute Gasteiger partial charge is 0.469 e. The summed E-state index contributed by atoms with van der Waals surface area (Å²) in [6, 6.07) is 0. The monoisotopic (exact) mass is 196 g/mol. The lowest BCUT2D eigenvalue weighted by molar-refractivity contribution is -0.159. The van der Waals surface area contributed by atoms with Crippen LogP contribution >= 0.6 is 0 Å². The van der Waals surface area contributed by atoms with E-state index in [1.165, 1.54) is 7.11 Å². The van der Waals surface area contributed by atoms with Crippen LogP contribution in [0, 0.1) is 22.7 Å². The van der Waals surface area contributed by atoms with Gasteiger partial charge in [0, 0.05) is 12.0 Å². The summed E-state index contributed by atoms with van der Waals surface area (Å²) >= 11 is 0. The highest BCUT2D eigenvalue weighted by molar-refractivity contribution is 5.80. The Bertz CT molecular complexity index is 283. The summed E-state index contributed by atoms with van der Waals surface area (Å²) in [4.78, 5) is 11.9. The predicted molar refractivity (Wildman–Crippen MR) is 49.4 cm³/mol. The van der Waals surface area contributed by atoms with Crippen LogP contribution in [0.2, 0.25) is 0 Å². The normalized spacial score (nSPS) is 53.0. The number of esters is 1. The molecule has 4 bridgehead atoms. The van der Waals surface area contributed by atoms with Gasteiger partial charge in [-0.15, -0.1) is 0 Å². The first-order chi connectivity index (χ1) is 6.67. The van der Waals surface area contributed by atoms with Gasteiger partial charge in [0.15, 0.2) is 0 Å². The third-order valence-corrected chi connectivity index (χ3v) is 5.09. The number of aliphatic hydroxyl groups is 1. The van der Waals surface area contributed by atoms with E-state index < -0.39 is 0 Å². The number of rotatable bonds is 2. The summed E-state index contributed by atoms with van der Waals surface area (Å²) in [7, 11) is 1.46. The van der Waals surface area contributed by atoms with Gasteiger partial charge < -0.3 is 9.84 Å². The number of carbonyl (C=O) groups excluding carboxylic acids is 1. The Balaban J connectivity index is 2.05. The molecule has 0 heterocycles. The molecule has 3 heteroatoms. The molecule has 4 rings (SSSR count). The quantitative estimate of drug-likeness (QED) is 0.669. The van der Waals surface area contributed by atoms with E-state index in [0.29, 0.717) is 11.8 Å². The summed E-state index contributed by atoms with van der Waals surface area (Å²) in [5, 5.41) is 9.54. The maximum absolute atomic E-state index is 11.9. The molecule has 4 saturated carbocycles. The second kappa shape index (κ2) is 2.32. The van der Waals surface area contributed by atoms with Crippen LogP contribution in [0.3, 0.4) is 0 Å². The lowest BCUT2D eigenvalue weighted by Crippen LogP contribution is -2.42. The van der Waals surface area contributed by atoms with Crippen LogP contribution in [0.25, 0.3) is 0 Å². The van der Waals surface area contributed by atoms with Crippen molar-refractivity contribution in [2.24, 2.45) is 22.7 Å². The first kappa shape index (κ1) is 8.72. The third kappa shape index (κ3) is 0.659. The number of hydrogen-bond donors (Lipinski definition) is 1. The zero-order valence-corrected chi connectivity index (χ0v) is 8.45. The molecule has 0 saturated heterocycles. The Hall–Kier alpha value is -0.570. The molecule has 0 aliphatic heterocycles. The van der Waals surface area contributed by atoms with Gasteiger partial charge in [-0.2, -0.15) is 0 Å². The first-order valence-corrected chi connectivity index (χ1v) is 5.37. The number of carbonyl (C=O) groups is 1. The Morgan fingerprint density at radius 1 is 1.36 bits per heavy atom. The molecule has 1 N–H and O–H groups in total. The molecule has 4 fully saturated rings. The summed E-state index contributed by atoms with van der Waals surface area (Å²) < 4.78 is 4.93. The minimum atomic E-state index is -0.314. The number of methoxy groups -OCH3 is 1. The van der Waals surface area contributed by atoms with E-state index in [1.54, 1.807) is 0 Å². The average molecular weight is 196 g/mol. The van der Waals surface area contributed by atoms with E-state index in [9.17, 15) is 9.90 Å². The lowest BCUT2D eigenvalue weighted by atomic mass is 9.68. The van der Waals surface area contributed by atoms with Gasteiger partial charge in [0.1, 0.15) is 0 Å². The number of ether oxygens (including phenoxy) is 1. The van der Waals surface area contributed by atoms with Crippen molar-refractivity contribution in [1.29, 1.82) is 0 Å². The van der Waals surface area contributed by atoms with Crippen molar-refractivity contribution >= 4 is 5.97 Å². The van der Waals surface area contributed by atoms with Crippen molar-refractivity contribution in [2.45, 2.75) is 25.7 Å². The van der Waals surface area contributed by atoms with E-state index in [0.717, 1.165) is 25.7 Å². The summed E-state index contributed by atoms with van der Waals surface area (Å²) in [5.74, 6) is 1.29. The van der Waals surface area contributed by atoms with E-state index in [-0.39, 0.29) is 23.4 Å². The minimum absolute atomic E-state index is 0.0750. The second-order valence-electron chi connectivity index (χ2n) is 5.35. The van der Waals surface area contributed by atoms with Crippen molar-refractivity contribution in [3.05, 3.63) is 0 Å². The lowest BCUT2D eigenvalue weighted by Gasteiger charge is -2.36. The first-order valence-electron chi connectivity index (χ1n) is 5.37. The molecular formula is C11H16O3. The summed E-state index contributed by atoms with van der Waals surface area (Å²) in [6.07, 6.45) is 4.02. The van der Waals surface area contributed by atoms with Crippen molar-refractivity contribution in [2.75, 3.05) is 13.7 Å². The maximum Gasteiger partial charge on any atom is 0.312 e. The van der Waals surface area contributed by atoms with Gasteiger partial charge in [0.05, 0.1) is 12.5 Å². The standard InChI is InChI=1S/C11H16O3/c1-14-9(13)11-4-7-2-10(11,6-12)3-8(7)5-11/h7-8,12H,2-6H2,1H3.